The Labute approximate surface area is 222 Å². The van der Waals surface area contributed by atoms with Crippen LogP contribution in [0.5, 0.6) is 5.75 Å². The number of ether oxygens (including phenoxy) is 1. The Balaban J connectivity index is 1.32. The largest absolute Gasteiger partial charge is 0.486 e. The topological polar surface area (TPSA) is 76.1 Å². The van der Waals surface area contributed by atoms with Crippen LogP contribution in [-0.2, 0) is 24.4 Å². The van der Waals surface area contributed by atoms with E-state index in [1.807, 2.05) is 55.1 Å². The third-order valence-corrected chi connectivity index (χ3v) is 6.81. The molecule has 1 atom stereocenters. The molecular weight excluding hydrogens is 480 g/mol. The lowest BCUT2D eigenvalue weighted by Crippen LogP contribution is -2.42. The van der Waals surface area contributed by atoms with E-state index < -0.39 is 0 Å². The van der Waals surface area contributed by atoms with Gasteiger partial charge in [-0.05, 0) is 59.5 Å². The Morgan fingerprint density at radius 1 is 1.03 bits per heavy atom. The van der Waals surface area contributed by atoms with Crippen molar-refractivity contribution in [3.8, 4) is 5.75 Å². The van der Waals surface area contributed by atoms with E-state index in [0.717, 1.165) is 17.5 Å². The number of amides is 2. The molecule has 7 heteroatoms. The average Bonchev–Trinajstić information content (AvgIpc) is 3.63. The molecule has 38 heavy (non-hydrogen) atoms. The van der Waals surface area contributed by atoms with Crippen LogP contribution < -0.4 is 4.74 Å². The van der Waals surface area contributed by atoms with E-state index in [0.29, 0.717) is 30.4 Å². The van der Waals surface area contributed by atoms with Gasteiger partial charge in [-0.2, -0.15) is 0 Å². The lowest BCUT2D eigenvalue weighted by molar-refractivity contribution is -0.136. The van der Waals surface area contributed by atoms with Crippen molar-refractivity contribution in [2.45, 2.75) is 39.5 Å². The minimum atomic E-state index is -0.234. The first-order valence-electron chi connectivity index (χ1n) is 12.9. The normalized spacial score (nSPS) is 14.8. The van der Waals surface area contributed by atoms with E-state index in [1.165, 1.54) is 5.56 Å². The smallest absolute Gasteiger partial charge is 0.289 e. The summed E-state index contributed by atoms with van der Waals surface area (Å²) >= 11 is 0. The molecule has 2 amide bonds. The summed E-state index contributed by atoms with van der Waals surface area (Å²) < 4.78 is 17.2. The Bertz CT molecular complexity index is 1390. The van der Waals surface area contributed by atoms with Gasteiger partial charge in [0.2, 0.25) is 5.91 Å². The SMILES string of the molecule is CC(C)C(=O)N1CCc2ccc(OCc3ccc(C(=O)N(C)Cc4ccco4)o3)cc2[C@H]1c1ccccc1. The molecule has 5 rings (SSSR count). The molecule has 2 aromatic heterocycles. The van der Waals surface area contributed by atoms with Gasteiger partial charge in [-0.25, -0.2) is 0 Å². The molecule has 0 radical (unpaired) electrons. The van der Waals surface area contributed by atoms with Crippen LogP contribution in [0.15, 0.2) is 87.9 Å². The third-order valence-electron chi connectivity index (χ3n) is 6.81. The highest BCUT2D eigenvalue weighted by molar-refractivity contribution is 5.91. The molecule has 0 saturated heterocycles. The first-order chi connectivity index (χ1) is 18.4. The highest BCUT2D eigenvalue weighted by Crippen LogP contribution is 2.38. The summed E-state index contributed by atoms with van der Waals surface area (Å²) in [5, 5.41) is 0. The van der Waals surface area contributed by atoms with Crippen LogP contribution in [0, 0.1) is 5.92 Å². The summed E-state index contributed by atoms with van der Waals surface area (Å²) in [4.78, 5) is 29.4. The standard InChI is InChI=1S/C31H32N2O5/c1-21(2)30(34)33-16-15-22-11-12-24(18-27(22)29(33)23-8-5-4-6-9-23)37-20-26-13-14-28(38-26)31(35)32(3)19-25-10-7-17-36-25/h4-14,17-18,21,29H,15-16,19-20H2,1-3H3/t29-/m1/s1. The number of furan rings is 2. The maximum absolute atomic E-state index is 13.1. The van der Waals surface area contributed by atoms with Gasteiger partial charge in [0.05, 0.1) is 18.8 Å². The average molecular weight is 513 g/mol. The molecular formula is C31H32N2O5. The van der Waals surface area contributed by atoms with Gasteiger partial charge < -0.3 is 23.4 Å². The quantitative estimate of drug-likeness (QED) is 0.296. The monoisotopic (exact) mass is 512 g/mol. The summed E-state index contributed by atoms with van der Waals surface area (Å²) in [6, 6.07) is 23.0. The van der Waals surface area contributed by atoms with Gasteiger partial charge in [0.25, 0.3) is 5.91 Å². The van der Waals surface area contributed by atoms with Gasteiger partial charge >= 0.3 is 0 Å². The van der Waals surface area contributed by atoms with Crippen LogP contribution in [0.25, 0.3) is 0 Å². The molecule has 1 aliphatic rings. The lowest BCUT2D eigenvalue weighted by atomic mass is 9.87. The van der Waals surface area contributed by atoms with Crippen LogP contribution in [0.1, 0.15) is 58.7 Å². The zero-order chi connectivity index (χ0) is 26.6. The fourth-order valence-electron chi connectivity index (χ4n) is 4.87. The van der Waals surface area contributed by atoms with E-state index in [-0.39, 0.29) is 36.1 Å². The number of carbonyl (C=O) groups is 2. The van der Waals surface area contributed by atoms with Crippen molar-refractivity contribution >= 4 is 11.8 Å². The van der Waals surface area contributed by atoms with Crippen molar-refractivity contribution < 1.29 is 23.2 Å². The Morgan fingerprint density at radius 3 is 2.58 bits per heavy atom. The predicted octanol–water partition coefficient (Wildman–Crippen LogP) is 5.85. The van der Waals surface area contributed by atoms with Crippen LogP contribution >= 0.6 is 0 Å². The molecule has 0 N–H and O–H groups in total. The van der Waals surface area contributed by atoms with E-state index in [4.69, 9.17) is 13.6 Å². The number of benzene rings is 2. The number of nitrogens with zero attached hydrogens (tertiary/aromatic N) is 2. The highest BCUT2D eigenvalue weighted by atomic mass is 16.5. The van der Waals surface area contributed by atoms with Crippen molar-refractivity contribution in [2.75, 3.05) is 13.6 Å². The fraction of sp³-hybridized carbons (Fsp3) is 0.290. The van der Waals surface area contributed by atoms with E-state index >= 15 is 0 Å². The number of hydrogen-bond acceptors (Lipinski definition) is 5. The molecule has 3 heterocycles. The Morgan fingerprint density at radius 2 is 1.84 bits per heavy atom. The molecule has 0 spiro atoms. The minimum Gasteiger partial charge on any atom is -0.486 e. The molecule has 1 aliphatic heterocycles. The van der Waals surface area contributed by atoms with Crippen molar-refractivity contribution in [3.05, 3.63) is 113 Å². The first kappa shape index (κ1) is 25.4. The van der Waals surface area contributed by atoms with Gasteiger partial charge in [-0.1, -0.05) is 50.2 Å². The zero-order valence-corrected chi connectivity index (χ0v) is 21.9. The van der Waals surface area contributed by atoms with Gasteiger partial charge in [0.15, 0.2) is 5.76 Å². The second kappa shape index (κ2) is 11.0. The summed E-state index contributed by atoms with van der Waals surface area (Å²) in [5.74, 6) is 2.00. The van der Waals surface area contributed by atoms with Crippen LogP contribution in [0.3, 0.4) is 0 Å². The summed E-state index contributed by atoms with van der Waals surface area (Å²) in [6.45, 7) is 5.10. The number of carbonyl (C=O) groups excluding carboxylic acids is 2. The number of rotatable bonds is 8. The second-order valence-corrected chi connectivity index (χ2v) is 9.91. The van der Waals surface area contributed by atoms with Crippen LogP contribution in [0.4, 0.5) is 0 Å². The molecule has 7 nitrogen and oxygen atoms in total. The van der Waals surface area contributed by atoms with Crippen molar-refractivity contribution in [3.63, 3.8) is 0 Å². The number of fused-ring (bicyclic) bond motifs is 1. The first-order valence-corrected chi connectivity index (χ1v) is 12.9. The summed E-state index contributed by atoms with van der Waals surface area (Å²) in [5.41, 5.74) is 3.36. The molecule has 2 aromatic carbocycles. The Kier molecular flexibility index (Phi) is 7.36. The van der Waals surface area contributed by atoms with Crippen LogP contribution in [-0.4, -0.2) is 35.2 Å². The fourth-order valence-corrected chi connectivity index (χ4v) is 4.87. The van der Waals surface area contributed by atoms with Gasteiger partial charge in [0.1, 0.15) is 23.9 Å². The summed E-state index contributed by atoms with van der Waals surface area (Å²) in [7, 11) is 1.70. The van der Waals surface area contributed by atoms with Crippen molar-refractivity contribution in [1.29, 1.82) is 0 Å². The molecule has 4 aromatic rings. The van der Waals surface area contributed by atoms with E-state index in [9.17, 15) is 9.59 Å². The predicted molar refractivity (Wildman–Crippen MR) is 143 cm³/mol. The Hall–Kier alpha value is -4.26. The van der Waals surface area contributed by atoms with E-state index in [2.05, 4.69) is 18.2 Å². The molecule has 196 valence electrons. The lowest BCUT2D eigenvalue weighted by Gasteiger charge is -2.39. The maximum atomic E-state index is 13.1. The van der Waals surface area contributed by atoms with Crippen LogP contribution in [0.2, 0.25) is 0 Å². The van der Waals surface area contributed by atoms with Gasteiger partial charge in [-0.3, -0.25) is 9.59 Å². The number of hydrogen-bond donors (Lipinski definition) is 0. The summed E-state index contributed by atoms with van der Waals surface area (Å²) in [6.07, 6.45) is 2.38. The molecule has 0 unspecified atom stereocenters. The molecule has 0 aliphatic carbocycles. The highest BCUT2D eigenvalue weighted by Gasteiger charge is 2.33. The minimum absolute atomic E-state index is 0.0869. The maximum Gasteiger partial charge on any atom is 0.289 e. The zero-order valence-electron chi connectivity index (χ0n) is 21.9. The molecule has 0 bridgehead atoms. The van der Waals surface area contributed by atoms with Crippen molar-refractivity contribution in [1.82, 2.24) is 9.80 Å². The van der Waals surface area contributed by atoms with Gasteiger partial charge in [0, 0.05) is 19.5 Å². The molecule has 0 fully saturated rings. The molecule has 0 saturated carbocycles. The van der Waals surface area contributed by atoms with E-state index in [1.54, 1.807) is 36.4 Å². The second-order valence-electron chi connectivity index (χ2n) is 9.91. The van der Waals surface area contributed by atoms with Crippen molar-refractivity contribution in [2.24, 2.45) is 5.92 Å². The van der Waals surface area contributed by atoms with Gasteiger partial charge in [-0.15, -0.1) is 0 Å². The third kappa shape index (κ3) is 5.37.